The number of halogens is 3. The number of rotatable bonds is 5. The molecule has 9 heteroatoms. The van der Waals surface area contributed by atoms with Crippen molar-refractivity contribution in [1.29, 1.82) is 0 Å². The van der Waals surface area contributed by atoms with Gasteiger partial charge in [0.2, 0.25) is 10.0 Å². The molecule has 3 aromatic rings. The lowest BCUT2D eigenvalue weighted by Gasteiger charge is -2.16. The van der Waals surface area contributed by atoms with Crippen molar-refractivity contribution in [3.63, 3.8) is 0 Å². The van der Waals surface area contributed by atoms with E-state index >= 15 is 0 Å². The topological polar surface area (TPSA) is 78.6 Å². The quantitative estimate of drug-likeness (QED) is 0.629. The normalized spacial score (nSPS) is 11.4. The highest BCUT2D eigenvalue weighted by Gasteiger charge is 2.21. The van der Waals surface area contributed by atoms with E-state index in [-0.39, 0.29) is 38.1 Å². The standard InChI is InChI=1S/C20H16ClF2NO4S/c1-27-17-7-11(8-18(28-2)20(17)21)13-9-15(22)16(23)10-14(13)12-5-3-4-6-19(12)29(24,25)26/h3-10H,1-2H3,(H2,24,25,26). The van der Waals surface area contributed by atoms with E-state index in [4.69, 9.17) is 26.2 Å². The van der Waals surface area contributed by atoms with Gasteiger partial charge >= 0.3 is 0 Å². The molecule has 0 bridgehead atoms. The summed E-state index contributed by atoms with van der Waals surface area (Å²) in [5, 5.41) is 5.51. The summed E-state index contributed by atoms with van der Waals surface area (Å²) in [6.45, 7) is 0. The minimum Gasteiger partial charge on any atom is -0.495 e. The third kappa shape index (κ3) is 4.05. The van der Waals surface area contributed by atoms with Crippen molar-refractivity contribution in [2.75, 3.05) is 14.2 Å². The molecule has 2 N–H and O–H groups in total. The molecule has 0 fully saturated rings. The van der Waals surface area contributed by atoms with E-state index in [1.165, 1.54) is 44.6 Å². The molecule has 0 radical (unpaired) electrons. The summed E-state index contributed by atoms with van der Waals surface area (Å²) in [6, 6.07) is 10.7. The molecule has 0 spiro atoms. The van der Waals surface area contributed by atoms with Gasteiger partial charge in [0.1, 0.15) is 16.5 Å². The van der Waals surface area contributed by atoms with Gasteiger partial charge in [-0.1, -0.05) is 29.8 Å². The van der Waals surface area contributed by atoms with E-state index < -0.39 is 21.7 Å². The summed E-state index contributed by atoms with van der Waals surface area (Å²) >= 11 is 6.19. The fraction of sp³-hybridized carbons (Fsp3) is 0.100. The molecule has 0 heterocycles. The maximum atomic E-state index is 14.1. The van der Waals surface area contributed by atoms with Gasteiger partial charge in [0.25, 0.3) is 0 Å². The lowest BCUT2D eigenvalue weighted by Crippen LogP contribution is -2.13. The van der Waals surface area contributed by atoms with Gasteiger partial charge in [-0.3, -0.25) is 0 Å². The van der Waals surface area contributed by atoms with Crippen LogP contribution in [0, 0.1) is 11.6 Å². The first-order chi connectivity index (χ1) is 13.7. The maximum Gasteiger partial charge on any atom is 0.238 e. The SMILES string of the molecule is COc1cc(-c2cc(F)c(F)cc2-c2ccccc2S(N)(=O)=O)cc(OC)c1Cl. The Bertz CT molecular complexity index is 1170. The van der Waals surface area contributed by atoms with Crippen LogP contribution in [0.15, 0.2) is 53.4 Å². The Morgan fingerprint density at radius 1 is 0.862 bits per heavy atom. The third-order valence-electron chi connectivity index (χ3n) is 4.30. The van der Waals surface area contributed by atoms with E-state index in [2.05, 4.69) is 0 Å². The van der Waals surface area contributed by atoms with Crippen LogP contribution in [0.1, 0.15) is 0 Å². The Kier molecular flexibility index (Phi) is 5.79. The molecule has 5 nitrogen and oxygen atoms in total. The number of nitrogens with two attached hydrogens (primary N) is 1. The molecular formula is C20H16ClF2NO4S. The van der Waals surface area contributed by atoms with Crippen LogP contribution in [0.5, 0.6) is 11.5 Å². The fourth-order valence-corrected chi connectivity index (χ4v) is 3.99. The second kappa shape index (κ2) is 7.98. The molecule has 29 heavy (non-hydrogen) atoms. The molecule has 0 aliphatic rings. The van der Waals surface area contributed by atoms with Gasteiger partial charge in [0.15, 0.2) is 11.6 Å². The van der Waals surface area contributed by atoms with Crippen LogP contribution in [0.4, 0.5) is 8.78 Å². The molecule has 3 rings (SSSR count). The van der Waals surface area contributed by atoms with Crippen molar-refractivity contribution in [3.05, 3.63) is 65.2 Å². The summed E-state index contributed by atoms with van der Waals surface area (Å²) in [5.41, 5.74) is 0.825. The van der Waals surface area contributed by atoms with Gasteiger partial charge in [0, 0.05) is 5.56 Å². The zero-order valence-corrected chi connectivity index (χ0v) is 16.9. The van der Waals surface area contributed by atoms with Crippen LogP contribution in [0.3, 0.4) is 0 Å². The number of methoxy groups -OCH3 is 2. The Labute approximate surface area is 171 Å². The van der Waals surface area contributed by atoms with Crippen molar-refractivity contribution in [2.24, 2.45) is 5.14 Å². The highest BCUT2D eigenvalue weighted by atomic mass is 35.5. The Hall–Kier alpha value is -2.68. The van der Waals surface area contributed by atoms with Crippen molar-refractivity contribution in [1.82, 2.24) is 0 Å². The predicted molar refractivity (Wildman–Crippen MR) is 107 cm³/mol. The van der Waals surface area contributed by atoms with Crippen molar-refractivity contribution < 1.29 is 26.7 Å². The van der Waals surface area contributed by atoms with Gasteiger partial charge in [-0.2, -0.15) is 0 Å². The highest BCUT2D eigenvalue weighted by Crippen LogP contribution is 2.42. The second-order valence-corrected chi connectivity index (χ2v) is 7.96. The number of hydrogen-bond donors (Lipinski definition) is 1. The number of hydrogen-bond acceptors (Lipinski definition) is 4. The number of primary sulfonamides is 1. The summed E-state index contributed by atoms with van der Waals surface area (Å²) in [7, 11) is -1.33. The molecule has 0 saturated carbocycles. The van der Waals surface area contributed by atoms with E-state index in [1.807, 2.05) is 0 Å². The summed E-state index contributed by atoms with van der Waals surface area (Å²) in [6.07, 6.45) is 0. The van der Waals surface area contributed by atoms with E-state index in [0.29, 0.717) is 5.56 Å². The van der Waals surface area contributed by atoms with Crippen molar-refractivity contribution >= 4 is 21.6 Å². The molecule has 0 atom stereocenters. The highest BCUT2D eigenvalue weighted by molar-refractivity contribution is 7.89. The number of benzene rings is 3. The fourth-order valence-electron chi connectivity index (χ4n) is 2.97. The smallest absolute Gasteiger partial charge is 0.238 e. The average Bonchev–Trinajstić information content (AvgIpc) is 2.69. The minimum absolute atomic E-state index is 0.122. The van der Waals surface area contributed by atoms with Crippen LogP contribution in [0.2, 0.25) is 5.02 Å². The second-order valence-electron chi connectivity index (χ2n) is 6.05. The Morgan fingerprint density at radius 3 is 1.90 bits per heavy atom. The van der Waals surface area contributed by atoms with E-state index in [1.54, 1.807) is 6.07 Å². The molecule has 3 aromatic carbocycles. The molecule has 0 unspecified atom stereocenters. The zero-order valence-electron chi connectivity index (χ0n) is 15.4. The molecular weight excluding hydrogens is 424 g/mol. The Balaban J connectivity index is 2.39. The van der Waals surface area contributed by atoms with Crippen molar-refractivity contribution in [2.45, 2.75) is 4.90 Å². The minimum atomic E-state index is -4.12. The zero-order chi connectivity index (χ0) is 21.3. The first kappa shape index (κ1) is 21.0. The van der Waals surface area contributed by atoms with Gasteiger partial charge in [0.05, 0.1) is 19.1 Å². The lowest BCUT2D eigenvalue weighted by molar-refractivity contribution is 0.395. The first-order valence-corrected chi connectivity index (χ1v) is 10.1. The molecule has 0 aliphatic heterocycles. The van der Waals surface area contributed by atoms with Gasteiger partial charge < -0.3 is 9.47 Å². The Morgan fingerprint density at radius 2 is 1.38 bits per heavy atom. The lowest BCUT2D eigenvalue weighted by atomic mass is 9.93. The summed E-state index contributed by atoms with van der Waals surface area (Å²) in [4.78, 5) is -0.222. The molecule has 0 saturated heterocycles. The van der Waals surface area contributed by atoms with Gasteiger partial charge in [-0.05, 0) is 47.0 Å². The third-order valence-corrected chi connectivity index (χ3v) is 5.64. The molecule has 0 amide bonds. The van der Waals surface area contributed by atoms with Gasteiger partial charge in [-0.15, -0.1) is 0 Å². The number of ether oxygens (including phenoxy) is 2. The maximum absolute atomic E-state index is 14.1. The van der Waals surface area contributed by atoms with Crippen LogP contribution < -0.4 is 14.6 Å². The average molecular weight is 440 g/mol. The largest absolute Gasteiger partial charge is 0.495 e. The van der Waals surface area contributed by atoms with Crippen LogP contribution >= 0.6 is 11.6 Å². The molecule has 152 valence electrons. The van der Waals surface area contributed by atoms with Crippen LogP contribution in [-0.2, 0) is 10.0 Å². The molecule has 0 aliphatic carbocycles. The summed E-state index contributed by atoms with van der Waals surface area (Å²) in [5.74, 6) is -1.75. The summed E-state index contributed by atoms with van der Waals surface area (Å²) < 4.78 is 62.8. The van der Waals surface area contributed by atoms with Crippen molar-refractivity contribution in [3.8, 4) is 33.8 Å². The van der Waals surface area contributed by atoms with E-state index in [9.17, 15) is 17.2 Å². The van der Waals surface area contributed by atoms with Gasteiger partial charge in [-0.25, -0.2) is 22.3 Å². The first-order valence-electron chi connectivity index (χ1n) is 8.20. The number of sulfonamides is 1. The van der Waals surface area contributed by atoms with E-state index in [0.717, 1.165) is 12.1 Å². The van der Waals surface area contributed by atoms with Crippen LogP contribution in [-0.4, -0.2) is 22.6 Å². The molecule has 0 aromatic heterocycles. The predicted octanol–water partition coefficient (Wildman–Crippen LogP) is 4.62. The monoisotopic (exact) mass is 439 g/mol. The van der Waals surface area contributed by atoms with Crippen LogP contribution in [0.25, 0.3) is 22.3 Å².